The maximum atomic E-state index is 13.0. The van der Waals surface area contributed by atoms with E-state index in [2.05, 4.69) is 17.1 Å². The second-order valence-corrected chi connectivity index (χ2v) is 6.32. The molecule has 0 spiro atoms. The summed E-state index contributed by atoms with van der Waals surface area (Å²) in [5, 5.41) is 4.05. The lowest BCUT2D eigenvalue weighted by atomic mass is 9.80. The molecule has 1 aromatic heterocycles. The quantitative estimate of drug-likeness (QED) is 0.748. The highest BCUT2D eigenvalue weighted by Crippen LogP contribution is 2.37. The zero-order valence-electron chi connectivity index (χ0n) is 13.1. The van der Waals surface area contributed by atoms with Gasteiger partial charge in [0.2, 0.25) is 11.7 Å². The van der Waals surface area contributed by atoms with E-state index < -0.39 is 0 Å². The molecular weight excluding hydrogens is 279 g/mol. The first-order valence-corrected chi connectivity index (χ1v) is 8.35. The highest BCUT2D eigenvalue weighted by Gasteiger charge is 2.26. The van der Waals surface area contributed by atoms with E-state index in [9.17, 15) is 4.39 Å². The highest BCUT2D eigenvalue weighted by atomic mass is 19.1. The summed E-state index contributed by atoms with van der Waals surface area (Å²) in [7, 11) is 0. The van der Waals surface area contributed by atoms with Crippen LogP contribution < -0.4 is 0 Å². The molecule has 0 unspecified atom stereocenters. The summed E-state index contributed by atoms with van der Waals surface area (Å²) in [6, 6.07) is 6.21. The lowest BCUT2D eigenvalue weighted by molar-refractivity contribution is 0.260. The SMILES string of the molecule is CCCCC1CCC(c2nc(-c3ccc(F)cc3)no2)CC1. The number of benzene rings is 1. The Morgan fingerprint density at radius 3 is 2.55 bits per heavy atom. The minimum Gasteiger partial charge on any atom is -0.339 e. The number of hydrogen-bond acceptors (Lipinski definition) is 3. The molecule has 1 aliphatic carbocycles. The standard InChI is InChI=1S/C18H23FN2O/c1-2-3-4-13-5-7-15(8-6-13)18-20-17(21-22-18)14-9-11-16(19)12-10-14/h9-13,15H,2-8H2,1H3. The van der Waals surface area contributed by atoms with Crippen LogP contribution in [0.2, 0.25) is 0 Å². The molecule has 1 heterocycles. The molecule has 1 aromatic carbocycles. The van der Waals surface area contributed by atoms with Crippen molar-refractivity contribution in [3.8, 4) is 11.4 Å². The maximum Gasteiger partial charge on any atom is 0.230 e. The molecule has 0 aliphatic heterocycles. The van der Waals surface area contributed by atoms with E-state index in [0.717, 1.165) is 30.2 Å². The molecule has 3 rings (SSSR count). The van der Waals surface area contributed by atoms with Crippen LogP contribution in [-0.2, 0) is 0 Å². The lowest BCUT2D eigenvalue weighted by Crippen LogP contribution is -2.13. The second kappa shape index (κ2) is 7.03. The Morgan fingerprint density at radius 2 is 1.86 bits per heavy atom. The third-order valence-corrected chi connectivity index (χ3v) is 4.71. The Morgan fingerprint density at radius 1 is 1.14 bits per heavy atom. The van der Waals surface area contributed by atoms with Crippen molar-refractivity contribution in [2.24, 2.45) is 5.92 Å². The molecule has 3 nitrogen and oxygen atoms in total. The van der Waals surface area contributed by atoms with Crippen molar-refractivity contribution < 1.29 is 8.91 Å². The van der Waals surface area contributed by atoms with Crippen molar-refractivity contribution in [3.63, 3.8) is 0 Å². The van der Waals surface area contributed by atoms with Gasteiger partial charge in [0.25, 0.3) is 0 Å². The number of aromatic nitrogens is 2. The van der Waals surface area contributed by atoms with E-state index in [1.165, 1.54) is 44.2 Å². The predicted octanol–water partition coefficient (Wildman–Crippen LogP) is 5.34. The normalized spacial score (nSPS) is 21.9. The minimum absolute atomic E-state index is 0.252. The van der Waals surface area contributed by atoms with E-state index in [1.807, 2.05) is 0 Å². The van der Waals surface area contributed by atoms with Crippen molar-refractivity contribution in [1.29, 1.82) is 0 Å². The molecule has 1 saturated carbocycles. The summed E-state index contributed by atoms with van der Waals surface area (Å²) in [5.41, 5.74) is 0.799. The molecule has 4 heteroatoms. The zero-order chi connectivity index (χ0) is 15.4. The molecule has 0 amide bonds. The van der Waals surface area contributed by atoms with Crippen molar-refractivity contribution in [2.45, 2.75) is 57.8 Å². The molecule has 2 aromatic rings. The Balaban J connectivity index is 1.61. The topological polar surface area (TPSA) is 38.9 Å². The molecule has 0 radical (unpaired) electrons. The van der Waals surface area contributed by atoms with E-state index >= 15 is 0 Å². The van der Waals surface area contributed by atoms with Crippen LogP contribution in [0.3, 0.4) is 0 Å². The third-order valence-electron chi connectivity index (χ3n) is 4.71. The van der Waals surface area contributed by atoms with Gasteiger partial charge >= 0.3 is 0 Å². The number of hydrogen-bond donors (Lipinski definition) is 0. The minimum atomic E-state index is -0.252. The van der Waals surface area contributed by atoms with E-state index in [1.54, 1.807) is 12.1 Å². The average molecular weight is 302 g/mol. The first kappa shape index (κ1) is 15.2. The smallest absolute Gasteiger partial charge is 0.230 e. The summed E-state index contributed by atoms with van der Waals surface area (Å²) >= 11 is 0. The molecular formula is C18H23FN2O. The first-order chi connectivity index (χ1) is 10.8. The van der Waals surface area contributed by atoms with Gasteiger partial charge in [-0.2, -0.15) is 4.98 Å². The number of halogens is 1. The van der Waals surface area contributed by atoms with Gasteiger partial charge in [0.05, 0.1) is 0 Å². The van der Waals surface area contributed by atoms with Gasteiger partial charge in [-0.05, 0) is 55.9 Å². The molecule has 118 valence electrons. The van der Waals surface area contributed by atoms with Crippen molar-refractivity contribution in [1.82, 2.24) is 10.1 Å². The lowest BCUT2D eigenvalue weighted by Gasteiger charge is -2.26. The fourth-order valence-corrected chi connectivity index (χ4v) is 3.31. The van der Waals surface area contributed by atoms with Gasteiger partial charge in [-0.1, -0.05) is 31.3 Å². The van der Waals surface area contributed by atoms with E-state index in [0.29, 0.717) is 11.7 Å². The summed E-state index contributed by atoms with van der Waals surface area (Å²) in [6.07, 6.45) is 8.78. The largest absolute Gasteiger partial charge is 0.339 e. The van der Waals surface area contributed by atoms with Crippen LogP contribution in [0.15, 0.2) is 28.8 Å². The Bertz CT molecular complexity index is 585. The van der Waals surface area contributed by atoms with Crippen molar-refractivity contribution in [2.75, 3.05) is 0 Å². The number of nitrogens with zero attached hydrogens (tertiary/aromatic N) is 2. The third kappa shape index (κ3) is 3.54. The highest BCUT2D eigenvalue weighted by molar-refractivity contribution is 5.53. The summed E-state index contributed by atoms with van der Waals surface area (Å²) in [4.78, 5) is 4.52. The summed E-state index contributed by atoms with van der Waals surface area (Å²) < 4.78 is 18.4. The van der Waals surface area contributed by atoms with Gasteiger partial charge in [0.15, 0.2) is 0 Å². The molecule has 0 N–H and O–H groups in total. The van der Waals surface area contributed by atoms with Gasteiger partial charge in [0, 0.05) is 11.5 Å². The van der Waals surface area contributed by atoms with Gasteiger partial charge in [0.1, 0.15) is 5.82 Å². The van der Waals surface area contributed by atoms with Gasteiger partial charge in [-0.3, -0.25) is 0 Å². The fourth-order valence-electron chi connectivity index (χ4n) is 3.31. The molecule has 1 aliphatic rings. The Hall–Kier alpha value is -1.71. The molecule has 0 bridgehead atoms. The average Bonchev–Trinajstić information content (AvgIpc) is 3.04. The Labute approximate surface area is 130 Å². The van der Waals surface area contributed by atoms with Crippen LogP contribution in [0.1, 0.15) is 63.7 Å². The predicted molar refractivity (Wildman–Crippen MR) is 83.9 cm³/mol. The van der Waals surface area contributed by atoms with Crippen LogP contribution in [-0.4, -0.2) is 10.1 Å². The van der Waals surface area contributed by atoms with Gasteiger partial charge in [-0.15, -0.1) is 0 Å². The Kier molecular flexibility index (Phi) is 4.86. The zero-order valence-corrected chi connectivity index (χ0v) is 13.1. The first-order valence-electron chi connectivity index (χ1n) is 8.35. The number of rotatable bonds is 5. The van der Waals surface area contributed by atoms with Gasteiger partial charge < -0.3 is 4.52 Å². The van der Waals surface area contributed by atoms with Crippen molar-refractivity contribution >= 4 is 0 Å². The molecule has 1 fully saturated rings. The molecule has 22 heavy (non-hydrogen) atoms. The van der Waals surface area contributed by atoms with Crippen LogP contribution in [0.5, 0.6) is 0 Å². The van der Waals surface area contributed by atoms with Crippen LogP contribution in [0, 0.1) is 11.7 Å². The van der Waals surface area contributed by atoms with Crippen LogP contribution >= 0.6 is 0 Å². The monoisotopic (exact) mass is 302 g/mol. The van der Waals surface area contributed by atoms with Crippen molar-refractivity contribution in [3.05, 3.63) is 36.0 Å². The molecule has 0 saturated heterocycles. The molecule has 0 atom stereocenters. The maximum absolute atomic E-state index is 13.0. The second-order valence-electron chi connectivity index (χ2n) is 6.32. The number of unbranched alkanes of at least 4 members (excludes halogenated alkanes) is 1. The van der Waals surface area contributed by atoms with Crippen LogP contribution in [0.4, 0.5) is 4.39 Å². The van der Waals surface area contributed by atoms with E-state index in [-0.39, 0.29) is 5.82 Å². The van der Waals surface area contributed by atoms with E-state index in [4.69, 9.17) is 4.52 Å². The fraction of sp³-hybridized carbons (Fsp3) is 0.556. The summed E-state index contributed by atoms with van der Waals surface area (Å²) in [5.74, 6) is 2.31. The summed E-state index contributed by atoms with van der Waals surface area (Å²) in [6.45, 7) is 2.25. The van der Waals surface area contributed by atoms with Crippen LogP contribution in [0.25, 0.3) is 11.4 Å². The van der Waals surface area contributed by atoms with Gasteiger partial charge in [-0.25, -0.2) is 4.39 Å².